The number of carbonyl (C=O) groups excluding carboxylic acids is 1. The Labute approximate surface area is 130 Å². The number of rotatable bonds is 0. The summed E-state index contributed by atoms with van der Waals surface area (Å²) in [6.07, 6.45) is 1.65. The molecule has 0 aliphatic heterocycles. The number of hydrogen-bond acceptors (Lipinski definition) is 3. The number of nitrogen functional groups attached to an aromatic ring is 1. The van der Waals surface area contributed by atoms with E-state index in [4.69, 9.17) is 5.73 Å². The highest BCUT2D eigenvalue weighted by atomic mass is 16.1. The number of ketones is 1. The van der Waals surface area contributed by atoms with Crippen LogP contribution in [0, 0.1) is 17.3 Å². The summed E-state index contributed by atoms with van der Waals surface area (Å²) in [5.74, 6) is 6.28. The van der Waals surface area contributed by atoms with E-state index < -0.39 is 0 Å². The van der Waals surface area contributed by atoms with Crippen LogP contribution < -0.4 is 5.73 Å². The molecule has 0 fully saturated rings. The molecule has 0 saturated carbocycles. The average Bonchev–Trinajstić information content (AvgIpc) is 2.49. The average molecular weight is 290 g/mol. The highest BCUT2D eigenvalue weighted by Crippen LogP contribution is 2.33. The number of nitrogens with two attached hydrogens (primary N) is 1. The van der Waals surface area contributed by atoms with Gasteiger partial charge in [-0.15, -0.1) is 0 Å². The second kappa shape index (κ2) is 5.31. The Morgan fingerprint density at radius 2 is 2.00 bits per heavy atom. The molecule has 2 N–H and O–H groups in total. The van der Waals surface area contributed by atoms with Gasteiger partial charge >= 0.3 is 0 Å². The maximum absolute atomic E-state index is 12.4. The second-order valence-corrected chi connectivity index (χ2v) is 6.28. The maximum Gasteiger partial charge on any atom is 0.170 e. The highest BCUT2D eigenvalue weighted by Gasteiger charge is 2.34. The first-order chi connectivity index (χ1) is 10.5. The lowest BCUT2D eigenvalue weighted by Crippen LogP contribution is -2.31. The smallest absolute Gasteiger partial charge is 0.170 e. The van der Waals surface area contributed by atoms with Crippen LogP contribution in [0.4, 0.5) is 5.69 Å². The Kier molecular flexibility index (Phi) is 3.46. The van der Waals surface area contributed by atoms with Crippen LogP contribution in [0.2, 0.25) is 0 Å². The number of aromatic nitrogens is 1. The van der Waals surface area contributed by atoms with Crippen LogP contribution in [0.15, 0.2) is 36.4 Å². The normalized spacial score (nSPS) is 15.6. The van der Waals surface area contributed by atoms with E-state index in [1.165, 1.54) is 0 Å². The summed E-state index contributed by atoms with van der Waals surface area (Å²) in [5.41, 5.74) is 9.30. The van der Waals surface area contributed by atoms with E-state index >= 15 is 0 Å². The molecule has 1 aliphatic carbocycles. The van der Waals surface area contributed by atoms with Crippen LogP contribution in [0.1, 0.15) is 47.6 Å². The summed E-state index contributed by atoms with van der Waals surface area (Å²) in [6, 6.07) is 11.1. The molecule has 0 atom stereocenters. The van der Waals surface area contributed by atoms with Gasteiger partial charge in [0.1, 0.15) is 5.69 Å². The zero-order chi connectivity index (χ0) is 15.7. The van der Waals surface area contributed by atoms with Gasteiger partial charge < -0.3 is 5.73 Å². The van der Waals surface area contributed by atoms with Gasteiger partial charge in [0.15, 0.2) is 5.78 Å². The van der Waals surface area contributed by atoms with Gasteiger partial charge in [0.2, 0.25) is 0 Å². The first-order valence-corrected chi connectivity index (χ1v) is 7.38. The molecule has 3 rings (SSSR count). The van der Waals surface area contributed by atoms with Gasteiger partial charge in [-0.1, -0.05) is 25.8 Å². The molecule has 0 amide bonds. The molecule has 0 spiro atoms. The molecule has 1 aromatic carbocycles. The molecule has 110 valence electrons. The van der Waals surface area contributed by atoms with E-state index in [1.807, 2.05) is 50.2 Å². The minimum Gasteiger partial charge on any atom is -0.399 e. The Hall–Kier alpha value is -2.60. The SMILES string of the molecule is CC1(C)CCc2nc(C#Cc3cccc(N)c3)ccc2C1=O. The summed E-state index contributed by atoms with van der Waals surface area (Å²) >= 11 is 0. The van der Waals surface area contributed by atoms with Crippen molar-refractivity contribution in [3.63, 3.8) is 0 Å². The highest BCUT2D eigenvalue weighted by molar-refractivity contribution is 6.01. The number of pyridine rings is 1. The fourth-order valence-electron chi connectivity index (χ4n) is 2.63. The minimum absolute atomic E-state index is 0.177. The Morgan fingerprint density at radius 1 is 1.18 bits per heavy atom. The second-order valence-electron chi connectivity index (χ2n) is 6.28. The van der Waals surface area contributed by atoms with Gasteiger partial charge in [-0.25, -0.2) is 4.98 Å². The maximum atomic E-state index is 12.4. The number of nitrogens with zero attached hydrogens (tertiary/aromatic N) is 1. The largest absolute Gasteiger partial charge is 0.399 e. The lowest BCUT2D eigenvalue weighted by molar-refractivity contribution is 0.0809. The molecule has 1 aliphatic rings. The monoisotopic (exact) mass is 290 g/mol. The first kappa shape index (κ1) is 14.3. The third-order valence-corrected chi connectivity index (χ3v) is 4.04. The molecule has 3 heteroatoms. The van der Waals surface area contributed by atoms with E-state index in [9.17, 15) is 4.79 Å². The van der Waals surface area contributed by atoms with Crippen molar-refractivity contribution in [3.05, 3.63) is 58.9 Å². The van der Waals surface area contributed by atoms with Crippen LogP contribution >= 0.6 is 0 Å². The van der Waals surface area contributed by atoms with Gasteiger partial charge in [0, 0.05) is 22.2 Å². The lowest BCUT2D eigenvalue weighted by atomic mass is 9.75. The van der Waals surface area contributed by atoms with Crippen LogP contribution in [0.3, 0.4) is 0 Å². The van der Waals surface area contributed by atoms with E-state index in [-0.39, 0.29) is 11.2 Å². The van der Waals surface area contributed by atoms with Crippen molar-refractivity contribution in [2.45, 2.75) is 26.7 Å². The molecular weight excluding hydrogens is 272 g/mol. The third kappa shape index (κ3) is 2.73. The van der Waals surface area contributed by atoms with Crippen molar-refractivity contribution < 1.29 is 4.79 Å². The van der Waals surface area contributed by atoms with Gasteiger partial charge in [-0.05, 0) is 49.1 Å². The molecule has 22 heavy (non-hydrogen) atoms. The summed E-state index contributed by atoms with van der Waals surface area (Å²) < 4.78 is 0. The lowest BCUT2D eigenvalue weighted by Gasteiger charge is -2.28. The zero-order valence-electron chi connectivity index (χ0n) is 12.8. The van der Waals surface area contributed by atoms with Crippen LogP contribution in [0.25, 0.3) is 0 Å². The molecule has 1 aromatic heterocycles. The number of benzene rings is 1. The van der Waals surface area contributed by atoms with Crippen molar-refractivity contribution in [2.24, 2.45) is 5.41 Å². The number of hydrogen-bond donors (Lipinski definition) is 1. The van der Waals surface area contributed by atoms with E-state index in [2.05, 4.69) is 16.8 Å². The van der Waals surface area contributed by atoms with E-state index in [0.717, 1.165) is 29.7 Å². The molecule has 3 nitrogen and oxygen atoms in total. The first-order valence-electron chi connectivity index (χ1n) is 7.38. The Morgan fingerprint density at radius 3 is 2.77 bits per heavy atom. The topological polar surface area (TPSA) is 56.0 Å². The minimum atomic E-state index is -0.288. The molecule has 2 aromatic rings. The number of carbonyl (C=O) groups is 1. The summed E-state index contributed by atoms with van der Waals surface area (Å²) in [5, 5.41) is 0. The summed E-state index contributed by atoms with van der Waals surface area (Å²) in [4.78, 5) is 16.9. The van der Waals surface area contributed by atoms with Gasteiger partial charge in [-0.3, -0.25) is 4.79 Å². The van der Waals surface area contributed by atoms with Crippen LogP contribution in [-0.4, -0.2) is 10.8 Å². The van der Waals surface area contributed by atoms with Gasteiger partial charge in [-0.2, -0.15) is 0 Å². The number of anilines is 1. The molecule has 0 unspecified atom stereocenters. The summed E-state index contributed by atoms with van der Waals surface area (Å²) in [7, 11) is 0. The van der Waals surface area contributed by atoms with Crippen molar-refractivity contribution in [1.29, 1.82) is 0 Å². The van der Waals surface area contributed by atoms with Crippen molar-refractivity contribution in [1.82, 2.24) is 4.98 Å². The third-order valence-electron chi connectivity index (χ3n) is 4.04. The quantitative estimate of drug-likeness (QED) is 0.598. The Balaban J connectivity index is 1.91. The summed E-state index contributed by atoms with van der Waals surface area (Å²) in [6.45, 7) is 3.98. The molecule has 1 heterocycles. The molecule has 0 bridgehead atoms. The predicted octanol–water partition coefficient (Wildman–Crippen LogP) is 3.22. The van der Waals surface area contributed by atoms with E-state index in [0.29, 0.717) is 11.4 Å². The number of aryl methyl sites for hydroxylation is 1. The van der Waals surface area contributed by atoms with Crippen molar-refractivity contribution >= 4 is 11.5 Å². The number of fused-ring (bicyclic) bond motifs is 1. The fraction of sp³-hybridized carbons (Fsp3) is 0.263. The van der Waals surface area contributed by atoms with Crippen LogP contribution in [0.5, 0.6) is 0 Å². The Bertz CT molecular complexity index is 810. The standard InChI is InChI=1S/C19H18N2O/c1-19(2)11-10-17-16(18(19)22)9-8-15(21-17)7-6-13-4-3-5-14(20)12-13/h3-5,8-9,12H,10-11,20H2,1-2H3. The predicted molar refractivity (Wildman–Crippen MR) is 87.5 cm³/mol. The molecular formula is C19H18N2O. The van der Waals surface area contributed by atoms with E-state index in [1.54, 1.807) is 0 Å². The zero-order valence-corrected chi connectivity index (χ0v) is 12.8. The van der Waals surface area contributed by atoms with Gasteiger partial charge in [0.05, 0.1) is 5.69 Å². The molecule has 0 saturated heterocycles. The van der Waals surface area contributed by atoms with Crippen molar-refractivity contribution in [3.8, 4) is 11.8 Å². The van der Waals surface area contributed by atoms with Crippen molar-refractivity contribution in [2.75, 3.05) is 5.73 Å². The van der Waals surface area contributed by atoms with Gasteiger partial charge in [0.25, 0.3) is 0 Å². The van der Waals surface area contributed by atoms with Crippen LogP contribution in [-0.2, 0) is 6.42 Å². The number of Topliss-reactive ketones (excluding diaryl/α,β-unsaturated/α-hetero) is 1. The fourth-order valence-corrected chi connectivity index (χ4v) is 2.63. The molecule has 0 radical (unpaired) electrons.